The summed E-state index contributed by atoms with van der Waals surface area (Å²) in [6.07, 6.45) is 0.624. The van der Waals surface area contributed by atoms with Crippen LogP contribution < -0.4 is 0 Å². The summed E-state index contributed by atoms with van der Waals surface area (Å²) in [6, 6.07) is 0. The number of ether oxygens (including phenoxy) is 1. The molecule has 0 aromatic heterocycles. The van der Waals surface area contributed by atoms with Crippen LogP contribution in [0.1, 0.15) is 13.3 Å². The molecule has 0 aromatic carbocycles. The minimum absolute atomic E-state index is 0.242. The fourth-order valence-corrected chi connectivity index (χ4v) is 1.59. The molecule has 0 rings (SSSR count). The van der Waals surface area contributed by atoms with Crippen LogP contribution >= 0.6 is 7.75 Å². The Kier molecular flexibility index (Phi) is 6.55. The van der Waals surface area contributed by atoms with Crippen LogP contribution in [0.15, 0.2) is 0 Å². The first kappa shape index (κ1) is 13.1. The predicted octanol–water partition coefficient (Wildman–Crippen LogP) is 1.09. The van der Waals surface area contributed by atoms with Gasteiger partial charge < -0.3 is 9.63 Å². The Hall–Kier alpha value is 0.0700. The first-order chi connectivity index (χ1) is 6.04. The molecule has 1 unspecified atom stereocenters. The molecule has 0 aliphatic rings. The van der Waals surface area contributed by atoms with Gasteiger partial charge in [-0.2, -0.15) is 0 Å². The van der Waals surface area contributed by atoms with Gasteiger partial charge in [0.1, 0.15) is 0 Å². The lowest BCUT2D eigenvalue weighted by Gasteiger charge is -2.20. The van der Waals surface area contributed by atoms with Gasteiger partial charge in [-0.3, -0.25) is 4.52 Å². The second-order valence-electron chi connectivity index (χ2n) is 2.64. The fourth-order valence-electron chi connectivity index (χ4n) is 0.664. The molecule has 0 fully saturated rings. The Morgan fingerprint density at radius 1 is 1.46 bits per heavy atom. The van der Waals surface area contributed by atoms with E-state index in [9.17, 15) is 9.46 Å². The van der Waals surface area contributed by atoms with E-state index in [-0.39, 0.29) is 6.61 Å². The van der Waals surface area contributed by atoms with Gasteiger partial charge in [0, 0.05) is 20.3 Å². The molecule has 0 saturated heterocycles. The van der Waals surface area contributed by atoms with Crippen LogP contribution in [-0.2, 0) is 13.8 Å². The molecule has 0 aliphatic carbocycles. The molecular weight excluding hydrogens is 193 g/mol. The summed E-state index contributed by atoms with van der Waals surface area (Å²) in [4.78, 5) is 9.30. The van der Waals surface area contributed by atoms with Crippen LogP contribution in [0.3, 0.4) is 0 Å². The highest BCUT2D eigenvalue weighted by molar-refractivity contribution is 7.50. The highest BCUT2D eigenvalue weighted by Gasteiger charge is 2.23. The summed E-state index contributed by atoms with van der Waals surface area (Å²) in [7, 11) is -0.413. The SMILES string of the molecule is CCN(C)P(=O)(O)OCCCOC. The maximum Gasteiger partial charge on any atom is 0.405 e. The molecule has 0 radical (unpaired) electrons. The molecule has 0 aliphatic heterocycles. The van der Waals surface area contributed by atoms with Crippen LogP contribution in [-0.4, -0.2) is 43.5 Å². The van der Waals surface area contributed by atoms with E-state index in [1.807, 2.05) is 0 Å². The minimum Gasteiger partial charge on any atom is -0.385 e. The fraction of sp³-hybridized carbons (Fsp3) is 1.00. The minimum atomic E-state index is -3.55. The van der Waals surface area contributed by atoms with Crippen LogP contribution in [0.25, 0.3) is 0 Å². The van der Waals surface area contributed by atoms with E-state index in [1.54, 1.807) is 21.1 Å². The highest BCUT2D eigenvalue weighted by atomic mass is 31.2. The molecule has 0 aromatic rings. The third kappa shape index (κ3) is 5.39. The standard InChI is InChI=1S/C7H18NO4P/c1-4-8(2)13(9,10)12-7-5-6-11-3/h4-7H2,1-3H3,(H,9,10). The summed E-state index contributed by atoms with van der Waals surface area (Å²) >= 11 is 0. The average Bonchev–Trinajstić information content (AvgIpc) is 2.11. The zero-order valence-corrected chi connectivity index (χ0v) is 9.29. The molecule has 0 saturated carbocycles. The second-order valence-corrected chi connectivity index (χ2v) is 4.57. The normalized spacial score (nSPS) is 16.1. The number of methoxy groups -OCH3 is 1. The monoisotopic (exact) mass is 211 g/mol. The number of hydrogen-bond acceptors (Lipinski definition) is 3. The molecule has 13 heavy (non-hydrogen) atoms. The Balaban J connectivity index is 3.69. The summed E-state index contributed by atoms with van der Waals surface area (Å²) in [5.74, 6) is 0. The summed E-state index contributed by atoms with van der Waals surface area (Å²) in [5.41, 5.74) is 0. The molecule has 1 atom stereocenters. The number of nitrogens with zero attached hydrogens (tertiary/aromatic N) is 1. The summed E-state index contributed by atoms with van der Waals surface area (Å²) < 4.78 is 22.2. The van der Waals surface area contributed by atoms with Gasteiger partial charge in [0.15, 0.2) is 0 Å². The largest absolute Gasteiger partial charge is 0.405 e. The van der Waals surface area contributed by atoms with E-state index in [4.69, 9.17) is 9.26 Å². The Morgan fingerprint density at radius 2 is 2.08 bits per heavy atom. The van der Waals surface area contributed by atoms with E-state index in [1.165, 1.54) is 4.67 Å². The Morgan fingerprint density at radius 3 is 2.54 bits per heavy atom. The van der Waals surface area contributed by atoms with Crippen molar-refractivity contribution in [2.45, 2.75) is 13.3 Å². The van der Waals surface area contributed by atoms with Gasteiger partial charge in [-0.1, -0.05) is 6.92 Å². The molecular formula is C7H18NO4P. The van der Waals surface area contributed by atoms with Crippen LogP contribution in [0.5, 0.6) is 0 Å². The van der Waals surface area contributed by atoms with Gasteiger partial charge in [-0.05, 0) is 13.5 Å². The van der Waals surface area contributed by atoms with E-state index < -0.39 is 7.75 Å². The van der Waals surface area contributed by atoms with Crippen molar-refractivity contribution in [3.63, 3.8) is 0 Å². The molecule has 6 heteroatoms. The van der Waals surface area contributed by atoms with E-state index in [0.717, 1.165) is 0 Å². The van der Waals surface area contributed by atoms with Crippen molar-refractivity contribution in [3.05, 3.63) is 0 Å². The van der Waals surface area contributed by atoms with Crippen molar-refractivity contribution in [1.29, 1.82) is 0 Å². The van der Waals surface area contributed by atoms with Gasteiger partial charge in [0.2, 0.25) is 0 Å². The number of hydrogen-bond donors (Lipinski definition) is 1. The smallest absolute Gasteiger partial charge is 0.385 e. The van der Waals surface area contributed by atoms with E-state index >= 15 is 0 Å². The van der Waals surface area contributed by atoms with E-state index in [2.05, 4.69) is 0 Å². The number of rotatable bonds is 7. The molecule has 5 nitrogen and oxygen atoms in total. The Bertz CT molecular complexity index is 176. The molecule has 1 N–H and O–H groups in total. The molecule has 0 spiro atoms. The quantitative estimate of drug-likeness (QED) is 0.504. The maximum atomic E-state index is 11.3. The summed E-state index contributed by atoms with van der Waals surface area (Å²) in [6.45, 7) is 3.06. The van der Waals surface area contributed by atoms with Gasteiger partial charge in [0.05, 0.1) is 6.61 Å². The van der Waals surface area contributed by atoms with Crippen molar-refractivity contribution in [2.24, 2.45) is 0 Å². The maximum absolute atomic E-state index is 11.3. The molecule has 0 amide bonds. The van der Waals surface area contributed by atoms with Crippen LogP contribution in [0.2, 0.25) is 0 Å². The van der Waals surface area contributed by atoms with Crippen molar-refractivity contribution >= 4 is 7.75 Å². The first-order valence-electron chi connectivity index (χ1n) is 4.22. The second kappa shape index (κ2) is 6.51. The Labute approximate surface area is 79.2 Å². The third-order valence-electron chi connectivity index (χ3n) is 1.64. The van der Waals surface area contributed by atoms with Crippen LogP contribution in [0, 0.1) is 0 Å². The predicted molar refractivity (Wildman–Crippen MR) is 50.6 cm³/mol. The van der Waals surface area contributed by atoms with Gasteiger partial charge in [0.25, 0.3) is 0 Å². The topological polar surface area (TPSA) is 59.0 Å². The highest BCUT2D eigenvalue weighted by Crippen LogP contribution is 2.44. The lowest BCUT2D eigenvalue weighted by atomic mass is 10.5. The van der Waals surface area contributed by atoms with Crippen LogP contribution in [0.4, 0.5) is 0 Å². The molecule has 80 valence electrons. The van der Waals surface area contributed by atoms with E-state index in [0.29, 0.717) is 19.6 Å². The first-order valence-corrected chi connectivity index (χ1v) is 5.75. The zero-order chi connectivity index (χ0) is 10.3. The lowest BCUT2D eigenvalue weighted by Crippen LogP contribution is -2.16. The van der Waals surface area contributed by atoms with Crippen molar-refractivity contribution in [3.8, 4) is 0 Å². The van der Waals surface area contributed by atoms with Gasteiger partial charge in [-0.25, -0.2) is 9.24 Å². The molecule has 0 bridgehead atoms. The van der Waals surface area contributed by atoms with Crippen molar-refractivity contribution < 1.29 is 18.7 Å². The molecule has 0 heterocycles. The third-order valence-corrected chi connectivity index (χ3v) is 3.31. The zero-order valence-electron chi connectivity index (χ0n) is 8.39. The average molecular weight is 211 g/mol. The van der Waals surface area contributed by atoms with Gasteiger partial charge in [-0.15, -0.1) is 0 Å². The summed E-state index contributed by atoms with van der Waals surface area (Å²) in [5, 5.41) is 0. The lowest BCUT2D eigenvalue weighted by molar-refractivity contribution is 0.156. The van der Waals surface area contributed by atoms with Crippen molar-refractivity contribution in [1.82, 2.24) is 4.67 Å². The van der Waals surface area contributed by atoms with Gasteiger partial charge >= 0.3 is 7.75 Å². The van der Waals surface area contributed by atoms with Crippen molar-refractivity contribution in [2.75, 3.05) is 33.9 Å².